The molecule has 1 aliphatic carbocycles. The van der Waals surface area contributed by atoms with Gasteiger partial charge >= 0.3 is 0 Å². The number of hydrogen-bond acceptors (Lipinski definition) is 2. The number of benzene rings is 2. The smallest absolute Gasteiger partial charge is 0.242 e. The molecule has 0 bridgehead atoms. The predicted octanol–water partition coefficient (Wildman–Crippen LogP) is 6.71. The van der Waals surface area contributed by atoms with E-state index in [2.05, 4.69) is 82.3 Å². The lowest BCUT2D eigenvalue weighted by atomic mass is 9.86. The van der Waals surface area contributed by atoms with E-state index in [1.807, 2.05) is 0 Å². The van der Waals surface area contributed by atoms with E-state index in [1.165, 1.54) is 21.9 Å². The minimum Gasteiger partial charge on any atom is -0.544 e. The normalized spacial score (nSPS) is 15.0. The van der Waals surface area contributed by atoms with Crippen molar-refractivity contribution in [1.82, 2.24) is 0 Å². The first-order valence-electron chi connectivity index (χ1n) is 9.37. The zero-order valence-corrected chi connectivity index (χ0v) is 18.9. The highest BCUT2D eigenvalue weighted by molar-refractivity contribution is 6.70. The fourth-order valence-electron chi connectivity index (χ4n) is 3.43. The summed E-state index contributed by atoms with van der Waals surface area (Å²) in [4.78, 5) is 0. The first kappa shape index (κ1) is 19.0. The summed E-state index contributed by atoms with van der Waals surface area (Å²) in [5.74, 6) is 1.81. The van der Waals surface area contributed by atoms with Gasteiger partial charge in [-0.3, -0.25) is 0 Å². The monoisotopic (exact) mass is 382 g/mol. The van der Waals surface area contributed by atoms with E-state index < -0.39 is 16.6 Å². The molecule has 0 fully saturated rings. The summed E-state index contributed by atoms with van der Waals surface area (Å²) in [5.41, 5.74) is 3.76. The van der Waals surface area contributed by atoms with Crippen molar-refractivity contribution in [2.45, 2.75) is 52.1 Å². The standard InChI is InChI=1S/C22H30O2Si2/c1-16(23-25(2,3)4)19-15-14-18-13-12-17-10-8-9-11-20(17)21(18)22(19)24-26(5,6)7/h8-13H,1,14-15H2,2-7H3. The van der Waals surface area contributed by atoms with Crippen LogP contribution in [0.15, 0.2) is 54.3 Å². The first-order chi connectivity index (χ1) is 12.1. The van der Waals surface area contributed by atoms with Crippen molar-refractivity contribution in [1.29, 1.82) is 0 Å². The number of hydrogen-bond donors (Lipinski definition) is 0. The number of rotatable bonds is 5. The van der Waals surface area contributed by atoms with Gasteiger partial charge < -0.3 is 8.85 Å². The molecule has 0 N–H and O–H groups in total. The Bertz CT molecular complexity index is 883. The number of fused-ring (bicyclic) bond motifs is 3. The molecular formula is C22H30O2Si2. The van der Waals surface area contributed by atoms with E-state index in [0.29, 0.717) is 0 Å². The van der Waals surface area contributed by atoms with Gasteiger partial charge in [0.15, 0.2) is 0 Å². The van der Waals surface area contributed by atoms with Crippen molar-refractivity contribution in [2.24, 2.45) is 0 Å². The molecule has 0 saturated carbocycles. The molecule has 4 heteroatoms. The van der Waals surface area contributed by atoms with Crippen LogP contribution < -0.4 is 0 Å². The lowest BCUT2D eigenvalue weighted by Crippen LogP contribution is -2.28. The summed E-state index contributed by atoms with van der Waals surface area (Å²) in [6.07, 6.45) is 1.93. The second-order valence-corrected chi connectivity index (χ2v) is 17.8. The minimum absolute atomic E-state index is 0.802. The third-order valence-electron chi connectivity index (χ3n) is 4.34. The van der Waals surface area contributed by atoms with Crippen LogP contribution in [0.25, 0.3) is 16.5 Å². The van der Waals surface area contributed by atoms with Gasteiger partial charge in [-0.2, -0.15) is 0 Å². The molecule has 0 unspecified atom stereocenters. The van der Waals surface area contributed by atoms with Crippen molar-refractivity contribution in [3.05, 3.63) is 65.4 Å². The van der Waals surface area contributed by atoms with E-state index in [1.54, 1.807) is 0 Å². The van der Waals surface area contributed by atoms with Gasteiger partial charge in [0, 0.05) is 11.1 Å². The van der Waals surface area contributed by atoms with Crippen LogP contribution in [-0.4, -0.2) is 16.6 Å². The molecule has 2 aromatic rings. The molecule has 1 aliphatic rings. The molecule has 0 amide bonds. The maximum atomic E-state index is 6.65. The van der Waals surface area contributed by atoms with Gasteiger partial charge in [0.1, 0.15) is 11.5 Å². The van der Waals surface area contributed by atoms with Gasteiger partial charge in [-0.25, -0.2) is 0 Å². The van der Waals surface area contributed by atoms with Gasteiger partial charge in [-0.15, -0.1) is 0 Å². The molecule has 2 aromatic carbocycles. The van der Waals surface area contributed by atoms with Crippen LogP contribution in [0.5, 0.6) is 0 Å². The van der Waals surface area contributed by atoms with Crippen molar-refractivity contribution >= 4 is 33.2 Å². The van der Waals surface area contributed by atoms with E-state index in [9.17, 15) is 0 Å². The molecular weight excluding hydrogens is 352 g/mol. The van der Waals surface area contributed by atoms with Gasteiger partial charge in [0.05, 0.1) is 0 Å². The summed E-state index contributed by atoms with van der Waals surface area (Å²) >= 11 is 0. The Labute approximate surface area is 159 Å². The summed E-state index contributed by atoms with van der Waals surface area (Å²) in [6.45, 7) is 17.6. The van der Waals surface area contributed by atoms with Crippen LogP contribution in [0, 0.1) is 0 Å². The lowest BCUT2D eigenvalue weighted by molar-refractivity contribution is 0.422. The molecule has 0 aromatic heterocycles. The zero-order valence-electron chi connectivity index (χ0n) is 16.9. The largest absolute Gasteiger partial charge is 0.544 e. The molecule has 3 rings (SSSR count). The maximum Gasteiger partial charge on any atom is 0.242 e. The average Bonchev–Trinajstić information content (AvgIpc) is 2.51. The van der Waals surface area contributed by atoms with Crippen molar-refractivity contribution in [3.63, 3.8) is 0 Å². The van der Waals surface area contributed by atoms with E-state index in [0.717, 1.165) is 29.9 Å². The lowest BCUT2D eigenvalue weighted by Gasteiger charge is -2.32. The van der Waals surface area contributed by atoms with Crippen LogP contribution in [0.1, 0.15) is 17.5 Å². The number of aryl methyl sites for hydroxylation is 1. The number of allylic oxidation sites excluding steroid dienone is 1. The summed E-state index contributed by atoms with van der Waals surface area (Å²) in [6, 6.07) is 13.0. The summed E-state index contributed by atoms with van der Waals surface area (Å²) < 4.78 is 12.9. The predicted molar refractivity (Wildman–Crippen MR) is 117 cm³/mol. The molecule has 0 saturated heterocycles. The molecule has 0 radical (unpaired) electrons. The Morgan fingerprint density at radius 3 is 2.23 bits per heavy atom. The molecule has 0 atom stereocenters. The highest BCUT2D eigenvalue weighted by atomic mass is 28.4. The average molecular weight is 383 g/mol. The molecule has 138 valence electrons. The van der Waals surface area contributed by atoms with Crippen LogP contribution in [0.3, 0.4) is 0 Å². The second kappa shape index (κ2) is 6.74. The minimum atomic E-state index is -1.79. The van der Waals surface area contributed by atoms with Crippen LogP contribution in [-0.2, 0) is 15.3 Å². The van der Waals surface area contributed by atoms with E-state index in [4.69, 9.17) is 8.85 Å². The molecule has 26 heavy (non-hydrogen) atoms. The fraction of sp³-hybridized carbons (Fsp3) is 0.364. The highest BCUT2D eigenvalue weighted by Gasteiger charge is 2.30. The maximum absolute atomic E-state index is 6.65. The van der Waals surface area contributed by atoms with Crippen LogP contribution in [0.2, 0.25) is 39.3 Å². The van der Waals surface area contributed by atoms with Gasteiger partial charge in [0.2, 0.25) is 16.6 Å². The van der Waals surface area contributed by atoms with Crippen LogP contribution in [0.4, 0.5) is 0 Å². The summed E-state index contributed by atoms with van der Waals surface area (Å²) in [7, 11) is -3.51. The van der Waals surface area contributed by atoms with E-state index >= 15 is 0 Å². The first-order valence-corrected chi connectivity index (χ1v) is 16.2. The summed E-state index contributed by atoms with van der Waals surface area (Å²) in [5, 5.41) is 2.51. The molecule has 2 nitrogen and oxygen atoms in total. The van der Waals surface area contributed by atoms with Gasteiger partial charge in [-0.05, 0) is 68.5 Å². The topological polar surface area (TPSA) is 18.5 Å². The van der Waals surface area contributed by atoms with Crippen LogP contribution >= 0.6 is 0 Å². The molecule has 0 aliphatic heterocycles. The molecule has 0 spiro atoms. The van der Waals surface area contributed by atoms with Crippen molar-refractivity contribution in [2.75, 3.05) is 0 Å². The zero-order chi connectivity index (χ0) is 19.1. The Morgan fingerprint density at radius 2 is 1.58 bits per heavy atom. The molecule has 0 heterocycles. The second-order valence-electron chi connectivity index (χ2n) is 8.98. The van der Waals surface area contributed by atoms with Crippen molar-refractivity contribution < 1.29 is 8.85 Å². The Kier molecular flexibility index (Phi) is 4.93. The Balaban J connectivity index is 2.22. The van der Waals surface area contributed by atoms with E-state index in [-0.39, 0.29) is 0 Å². The quantitative estimate of drug-likeness (QED) is 0.422. The van der Waals surface area contributed by atoms with Crippen molar-refractivity contribution in [3.8, 4) is 0 Å². The Morgan fingerprint density at radius 1 is 0.885 bits per heavy atom. The van der Waals surface area contributed by atoms with Gasteiger partial charge in [-0.1, -0.05) is 43.0 Å². The third kappa shape index (κ3) is 4.13. The van der Waals surface area contributed by atoms with Gasteiger partial charge in [0.25, 0.3) is 0 Å². The SMILES string of the molecule is C=C(O[Si](C)(C)C)C1=C(O[Si](C)(C)C)c2c(ccc3ccccc23)CC1. The highest BCUT2D eigenvalue weighted by Crippen LogP contribution is 2.41. The third-order valence-corrected chi connectivity index (χ3v) is 6.01. The fourth-order valence-corrected chi connectivity index (χ4v) is 5.13. The Hall–Kier alpha value is -1.79.